The Morgan fingerprint density at radius 3 is 2.55 bits per heavy atom. The predicted octanol–water partition coefficient (Wildman–Crippen LogP) is 0.878. The van der Waals surface area contributed by atoms with E-state index in [4.69, 9.17) is 10.4 Å². The number of nitrogens with zero attached hydrogens (tertiary/aromatic N) is 1. The van der Waals surface area contributed by atoms with E-state index in [2.05, 4.69) is 0 Å². The summed E-state index contributed by atoms with van der Waals surface area (Å²) in [7, 11) is 0. The Balaban J connectivity index is 3.86. The third-order valence-corrected chi connectivity index (χ3v) is 1.38. The number of aliphatic hydroxyl groups is 1. The molecule has 0 saturated carbocycles. The second-order valence-electron chi connectivity index (χ2n) is 3.37. The Kier molecular flexibility index (Phi) is 3.77. The number of nitriles is 1. The quantitative estimate of drug-likeness (QED) is 0.655. The van der Waals surface area contributed by atoms with Gasteiger partial charge in [0.25, 0.3) is 0 Å². The number of rotatable bonds is 4. The zero-order chi connectivity index (χ0) is 8.91. The maximum atomic E-state index is 10.9. The van der Waals surface area contributed by atoms with Crippen LogP contribution in [0.1, 0.15) is 26.7 Å². The molecule has 0 bridgehead atoms. The molecule has 0 spiro atoms. The fourth-order valence-corrected chi connectivity index (χ4v) is 0.740. The lowest BCUT2D eigenvalue weighted by Gasteiger charge is -2.19. The lowest BCUT2D eigenvalue weighted by molar-refractivity contribution is -0.120. The molecule has 0 rings (SSSR count). The Bertz CT molecular complexity index is 179. The summed E-state index contributed by atoms with van der Waals surface area (Å²) in [5, 5.41) is 16.9. The van der Waals surface area contributed by atoms with Crippen LogP contribution < -0.4 is 0 Å². The zero-order valence-electron chi connectivity index (χ0n) is 6.92. The van der Waals surface area contributed by atoms with Gasteiger partial charge in [-0.2, -0.15) is 5.26 Å². The summed E-state index contributed by atoms with van der Waals surface area (Å²) in [6.45, 7) is 3.56. The van der Waals surface area contributed by atoms with E-state index in [9.17, 15) is 4.79 Å². The van der Waals surface area contributed by atoms with Gasteiger partial charge in [-0.25, -0.2) is 0 Å². The molecule has 0 saturated heterocycles. The third kappa shape index (κ3) is 4.51. The molecule has 0 amide bonds. The molecule has 0 aromatic heterocycles. The Morgan fingerprint density at radius 1 is 1.64 bits per heavy atom. The average molecular weight is 155 g/mol. The Hall–Kier alpha value is -0.880. The summed E-state index contributed by atoms with van der Waals surface area (Å²) in [6, 6.07) is 1.78. The minimum absolute atomic E-state index is 0.0236. The molecular formula is C8H13NO2. The summed E-state index contributed by atoms with van der Waals surface area (Å²) in [5.41, 5.74) is -0.381. The normalized spacial score (nSPS) is 10.7. The van der Waals surface area contributed by atoms with Crippen LogP contribution in [0.25, 0.3) is 0 Å². The zero-order valence-corrected chi connectivity index (χ0v) is 6.92. The summed E-state index contributed by atoms with van der Waals surface area (Å²) in [5.74, 6) is -0.105. The van der Waals surface area contributed by atoms with Crippen LogP contribution in [0.2, 0.25) is 0 Å². The molecule has 0 aliphatic heterocycles. The van der Waals surface area contributed by atoms with E-state index in [0.29, 0.717) is 0 Å². The number of aliphatic hydroxyl groups excluding tert-OH is 1. The first-order chi connectivity index (χ1) is 5.02. The summed E-state index contributed by atoms with van der Waals surface area (Å²) < 4.78 is 0. The highest BCUT2D eigenvalue weighted by Gasteiger charge is 2.20. The van der Waals surface area contributed by atoms with E-state index < -0.39 is 0 Å². The Labute approximate surface area is 66.6 Å². The molecule has 0 heterocycles. The van der Waals surface area contributed by atoms with E-state index in [1.165, 1.54) is 0 Å². The van der Waals surface area contributed by atoms with Gasteiger partial charge >= 0.3 is 0 Å². The highest BCUT2D eigenvalue weighted by Crippen LogP contribution is 2.19. The van der Waals surface area contributed by atoms with E-state index in [1.54, 1.807) is 19.9 Å². The maximum absolute atomic E-state index is 10.9. The van der Waals surface area contributed by atoms with Crippen molar-refractivity contribution in [2.75, 3.05) is 6.61 Å². The van der Waals surface area contributed by atoms with Gasteiger partial charge in [0.15, 0.2) is 0 Å². The van der Waals surface area contributed by atoms with Gasteiger partial charge in [0.05, 0.1) is 12.5 Å². The first kappa shape index (κ1) is 10.1. The van der Waals surface area contributed by atoms with Gasteiger partial charge in [-0.15, -0.1) is 0 Å². The number of hydrogen-bond donors (Lipinski definition) is 1. The van der Waals surface area contributed by atoms with Gasteiger partial charge in [0.2, 0.25) is 0 Å². The van der Waals surface area contributed by atoms with E-state index in [-0.39, 0.29) is 30.6 Å². The molecule has 0 atom stereocenters. The SMILES string of the molecule is CC(C)(CO)CC(=O)CC#N. The van der Waals surface area contributed by atoms with Crippen molar-refractivity contribution in [1.29, 1.82) is 5.26 Å². The van der Waals surface area contributed by atoms with Crippen molar-refractivity contribution in [3.63, 3.8) is 0 Å². The second kappa shape index (κ2) is 4.09. The van der Waals surface area contributed by atoms with Crippen LogP contribution in [0.15, 0.2) is 0 Å². The number of hydrogen-bond acceptors (Lipinski definition) is 3. The molecule has 0 aromatic rings. The summed E-state index contributed by atoms with van der Waals surface area (Å²) in [6.07, 6.45) is 0.223. The summed E-state index contributed by atoms with van der Waals surface area (Å²) in [4.78, 5) is 10.9. The van der Waals surface area contributed by atoms with Crippen LogP contribution >= 0.6 is 0 Å². The van der Waals surface area contributed by atoms with Crippen LogP contribution in [-0.4, -0.2) is 17.5 Å². The predicted molar refractivity (Wildman–Crippen MR) is 40.7 cm³/mol. The number of carbonyl (C=O) groups excluding carboxylic acids is 1. The van der Waals surface area contributed by atoms with E-state index in [1.807, 2.05) is 0 Å². The highest BCUT2D eigenvalue weighted by molar-refractivity contribution is 5.80. The fourth-order valence-electron chi connectivity index (χ4n) is 0.740. The largest absolute Gasteiger partial charge is 0.396 e. The van der Waals surface area contributed by atoms with Crippen molar-refractivity contribution in [1.82, 2.24) is 0 Å². The lowest BCUT2D eigenvalue weighted by Crippen LogP contribution is -2.20. The molecule has 0 aromatic carbocycles. The molecule has 0 aliphatic carbocycles. The number of ketones is 1. The molecule has 0 fully saturated rings. The molecule has 1 N–H and O–H groups in total. The number of carbonyl (C=O) groups is 1. The van der Waals surface area contributed by atoms with Gasteiger partial charge in [0, 0.05) is 13.0 Å². The first-order valence-electron chi connectivity index (χ1n) is 3.51. The lowest BCUT2D eigenvalue weighted by atomic mass is 9.88. The van der Waals surface area contributed by atoms with Crippen molar-refractivity contribution >= 4 is 5.78 Å². The van der Waals surface area contributed by atoms with Crippen molar-refractivity contribution in [2.45, 2.75) is 26.7 Å². The van der Waals surface area contributed by atoms with Gasteiger partial charge in [-0.1, -0.05) is 13.8 Å². The van der Waals surface area contributed by atoms with Gasteiger partial charge in [-0.3, -0.25) is 4.79 Å². The average Bonchev–Trinajstić information content (AvgIpc) is 1.87. The fraction of sp³-hybridized carbons (Fsp3) is 0.750. The topological polar surface area (TPSA) is 61.1 Å². The molecule has 3 nitrogen and oxygen atoms in total. The third-order valence-electron chi connectivity index (χ3n) is 1.38. The van der Waals surface area contributed by atoms with E-state index in [0.717, 1.165) is 0 Å². The van der Waals surface area contributed by atoms with Crippen LogP contribution in [-0.2, 0) is 4.79 Å². The van der Waals surface area contributed by atoms with Crippen molar-refractivity contribution in [3.8, 4) is 6.07 Å². The van der Waals surface area contributed by atoms with Crippen LogP contribution in [0.3, 0.4) is 0 Å². The molecule has 3 heteroatoms. The molecule has 0 aliphatic rings. The van der Waals surface area contributed by atoms with Gasteiger partial charge < -0.3 is 5.11 Å². The molecular weight excluding hydrogens is 142 g/mol. The standard InChI is InChI=1S/C8H13NO2/c1-8(2,6-10)5-7(11)3-4-9/h10H,3,5-6H2,1-2H3. The van der Waals surface area contributed by atoms with Gasteiger partial charge in [-0.05, 0) is 5.41 Å². The van der Waals surface area contributed by atoms with Crippen LogP contribution in [0.4, 0.5) is 0 Å². The summed E-state index contributed by atoms with van der Waals surface area (Å²) >= 11 is 0. The molecule has 0 radical (unpaired) electrons. The maximum Gasteiger partial charge on any atom is 0.147 e. The van der Waals surface area contributed by atoms with E-state index >= 15 is 0 Å². The molecule has 62 valence electrons. The molecule has 11 heavy (non-hydrogen) atoms. The Morgan fingerprint density at radius 2 is 2.18 bits per heavy atom. The van der Waals surface area contributed by atoms with Crippen molar-refractivity contribution in [2.24, 2.45) is 5.41 Å². The van der Waals surface area contributed by atoms with Crippen LogP contribution in [0.5, 0.6) is 0 Å². The minimum atomic E-state index is -0.381. The van der Waals surface area contributed by atoms with Crippen molar-refractivity contribution in [3.05, 3.63) is 0 Å². The highest BCUT2D eigenvalue weighted by atomic mass is 16.3. The van der Waals surface area contributed by atoms with Crippen molar-refractivity contribution < 1.29 is 9.90 Å². The monoisotopic (exact) mass is 155 g/mol. The molecule has 0 unspecified atom stereocenters. The first-order valence-corrected chi connectivity index (χ1v) is 3.51. The van der Waals surface area contributed by atoms with Gasteiger partial charge in [0.1, 0.15) is 5.78 Å². The smallest absolute Gasteiger partial charge is 0.147 e. The minimum Gasteiger partial charge on any atom is -0.396 e. The second-order valence-corrected chi connectivity index (χ2v) is 3.37. The number of Topliss-reactive ketones (excluding diaryl/α,β-unsaturated/α-hetero) is 1. The van der Waals surface area contributed by atoms with Crippen LogP contribution in [0, 0.1) is 16.7 Å².